The normalized spacial score (nSPS) is 8.00. The Hall–Kier alpha value is -0.730. The van der Waals surface area contributed by atoms with Crippen molar-refractivity contribution in [3.63, 3.8) is 0 Å². The van der Waals surface area contributed by atoms with Gasteiger partial charge in [0, 0.05) is 0 Å². The third-order valence-electron chi connectivity index (χ3n) is 0.524. The van der Waals surface area contributed by atoms with Gasteiger partial charge in [0.25, 0.3) is 5.91 Å². The average Bonchev–Trinajstić information content (AvgIpc) is 1.89. The lowest BCUT2D eigenvalue weighted by atomic mass is 10.8. The highest BCUT2D eigenvalue weighted by atomic mass is 32.2. The third-order valence-corrected chi connectivity index (χ3v) is 1.32. The molecule has 0 atom stereocenters. The third kappa shape index (κ3) is 5.14. The fourth-order valence-corrected chi connectivity index (χ4v) is 0.665. The van der Waals surface area contributed by atoms with Gasteiger partial charge >= 0.3 is 0 Å². The molecule has 0 bridgehead atoms. The van der Waals surface area contributed by atoms with Gasteiger partial charge in [-0.25, -0.2) is 5.48 Å². The Balaban J connectivity index is 3.09. The Morgan fingerprint density at radius 1 is 1.89 bits per heavy atom. The van der Waals surface area contributed by atoms with Crippen molar-refractivity contribution in [1.29, 1.82) is 5.26 Å². The number of hydrogen-bond donors (Lipinski definition) is 2. The molecule has 5 heteroatoms. The van der Waals surface area contributed by atoms with E-state index >= 15 is 0 Å². The summed E-state index contributed by atoms with van der Waals surface area (Å²) >= 11 is 1.15. The number of nitrogens with zero attached hydrogens (tertiary/aromatic N) is 1. The SMILES string of the molecule is N#CCSCC(=O)NO. The molecule has 0 radical (unpaired) electrons. The summed E-state index contributed by atoms with van der Waals surface area (Å²) < 4.78 is 0. The van der Waals surface area contributed by atoms with E-state index in [9.17, 15) is 4.79 Å². The summed E-state index contributed by atoms with van der Waals surface area (Å²) in [7, 11) is 0. The number of carbonyl (C=O) groups excluding carboxylic acids is 1. The van der Waals surface area contributed by atoms with E-state index in [1.54, 1.807) is 0 Å². The quantitative estimate of drug-likeness (QED) is 0.327. The van der Waals surface area contributed by atoms with E-state index in [2.05, 4.69) is 0 Å². The molecule has 0 aliphatic carbocycles. The molecule has 0 aliphatic rings. The van der Waals surface area contributed by atoms with Crippen molar-refractivity contribution in [2.24, 2.45) is 0 Å². The van der Waals surface area contributed by atoms with Crippen LogP contribution in [-0.2, 0) is 4.79 Å². The van der Waals surface area contributed by atoms with Crippen molar-refractivity contribution in [3.8, 4) is 6.07 Å². The van der Waals surface area contributed by atoms with Crippen LogP contribution in [0.3, 0.4) is 0 Å². The van der Waals surface area contributed by atoms with Gasteiger partial charge < -0.3 is 0 Å². The van der Waals surface area contributed by atoms with Gasteiger partial charge in [-0.05, 0) is 0 Å². The van der Waals surface area contributed by atoms with E-state index in [4.69, 9.17) is 10.5 Å². The maximum atomic E-state index is 10.2. The zero-order valence-electron chi connectivity index (χ0n) is 4.63. The Kier molecular flexibility index (Phi) is 4.97. The van der Waals surface area contributed by atoms with Crippen molar-refractivity contribution in [2.45, 2.75) is 0 Å². The molecule has 0 aromatic carbocycles. The Morgan fingerprint density at radius 3 is 3.00 bits per heavy atom. The summed E-state index contributed by atoms with van der Waals surface area (Å²) in [6.45, 7) is 0. The van der Waals surface area contributed by atoms with Crippen LogP contribution in [0, 0.1) is 11.3 Å². The zero-order valence-corrected chi connectivity index (χ0v) is 5.44. The lowest BCUT2D eigenvalue weighted by Crippen LogP contribution is -2.20. The van der Waals surface area contributed by atoms with Crippen molar-refractivity contribution in [3.05, 3.63) is 0 Å². The number of carbonyl (C=O) groups is 1. The van der Waals surface area contributed by atoms with Gasteiger partial charge in [-0.15, -0.1) is 11.8 Å². The topological polar surface area (TPSA) is 73.1 Å². The zero-order chi connectivity index (χ0) is 7.11. The van der Waals surface area contributed by atoms with Crippen LogP contribution in [0.1, 0.15) is 0 Å². The summed E-state index contributed by atoms with van der Waals surface area (Å²) in [4.78, 5) is 10.2. The largest absolute Gasteiger partial charge is 0.289 e. The second-order valence-electron chi connectivity index (χ2n) is 1.19. The van der Waals surface area contributed by atoms with Crippen molar-refractivity contribution in [1.82, 2.24) is 5.48 Å². The van der Waals surface area contributed by atoms with Gasteiger partial charge in [-0.1, -0.05) is 0 Å². The Morgan fingerprint density at radius 2 is 2.56 bits per heavy atom. The summed E-state index contributed by atoms with van der Waals surface area (Å²) in [5, 5.41) is 15.9. The number of thioether (sulfide) groups is 1. The van der Waals surface area contributed by atoms with Gasteiger partial charge in [0.15, 0.2) is 0 Å². The van der Waals surface area contributed by atoms with Crippen LogP contribution >= 0.6 is 11.8 Å². The first-order valence-corrected chi connectivity index (χ1v) is 3.34. The van der Waals surface area contributed by atoms with E-state index in [0.29, 0.717) is 0 Å². The number of hydroxylamine groups is 1. The van der Waals surface area contributed by atoms with Gasteiger partial charge in [0.05, 0.1) is 17.6 Å². The van der Waals surface area contributed by atoms with Gasteiger partial charge in [-0.3, -0.25) is 10.0 Å². The number of rotatable bonds is 3. The van der Waals surface area contributed by atoms with Gasteiger partial charge in [0.1, 0.15) is 0 Å². The van der Waals surface area contributed by atoms with Crippen LogP contribution in [0.15, 0.2) is 0 Å². The number of nitrogens with one attached hydrogen (secondary N) is 1. The Bertz CT molecular complexity index is 131. The first kappa shape index (κ1) is 8.27. The molecule has 0 aromatic heterocycles. The van der Waals surface area contributed by atoms with E-state index in [1.807, 2.05) is 6.07 Å². The van der Waals surface area contributed by atoms with Crippen LogP contribution in [-0.4, -0.2) is 22.6 Å². The first-order valence-electron chi connectivity index (χ1n) is 2.19. The second kappa shape index (κ2) is 5.41. The lowest BCUT2D eigenvalue weighted by Gasteiger charge is -1.92. The molecule has 0 aromatic rings. The number of nitriles is 1. The predicted octanol–water partition coefficient (Wildman–Crippen LogP) is -0.251. The molecule has 0 heterocycles. The van der Waals surface area contributed by atoms with Crippen LogP contribution in [0.2, 0.25) is 0 Å². The minimum Gasteiger partial charge on any atom is -0.289 e. The molecule has 0 aliphatic heterocycles. The highest BCUT2D eigenvalue weighted by Gasteiger charge is 1.95. The fourth-order valence-electron chi connectivity index (χ4n) is 0.222. The molecule has 2 N–H and O–H groups in total. The number of hydrogen-bond acceptors (Lipinski definition) is 4. The summed E-state index contributed by atoms with van der Waals surface area (Å²) in [5.74, 6) is -0.0763. The van der Waals surface area contributed by atoms with Gasteiger partial charge in [-0.2, -0.15) is 5.26 Å². The van der Waals surface area contributed by atoms with Crippen molar-refractivity contribution in [2.75, 3.05) is 11.5 Å². The predicted molar refractivity (Wildman–Crippen MR) is 32.9 cm³/mol. The molecule has 0 unspecified atom stereocenters. The van der Waals surface area contributed by atoms with Crippen LogP contribution in [0.5, 0.6) is 0 Å². The molecule has 0 rings (SSSR count). The minimum atomic E-state index is -0.477. The standard InChI is InChI=1S/C4H6N2O2S/c5-1-2-9-3-4(7)6-8/h8H,2-3H2,(H,6,7). The minimum absolute atomic E-state index is 0.129. The highest BCUT2D eigenvalue weighted by Crippen LogP contribution is 1.95. The molecule has 1 amide bonds. The van der Waals surface area contributed by atoms with Crippen molar-refractivity contribution >= 4 is 17.7 Å². The van der Waals surface area contributed by atoms with E-state index in [1.165, 1.54) is 5.48 Å². The molecule has 4 nitrogen and oxygen atoms in total. The highest BCUT2D eigenvalue weighted by molar-refractivity contribution is 8.00. The van der Waals surface area contributed by atoms with Crippen LogP contribution in [0.4, 0.5) is 0 Å². The van der Waals surface area contributed by atoms with Gasteiger partial charge in [0.2, 0.25) is 0 Å². The second-order valence-corrected chi connectivity index (χ2v) is 2.17. The lowest BCUT2D eigenvalue weighted by molar-refractivity contribution is -0.126. The fraction of sp³-hybridized carbons (Fsp3) is 0.500. The maximum absolute atomic E-state index is 10.2. The average molecular weight is 146 g/mol. The number of amides is 1. The Labute approximate surface area is 56.8 Å². The monoisotopic (exact) mass is 146 g/mol. The molecule has 50 valence electrons. The van der Waals surface area contributed by atoms with E-state index in [0.717, 1.165) is 11.8 Å². The van der Waals surface area contributed by atoms with Crippen LogP contribution < -0.4 is 5.48 Å². The van der Waals surface area contributed by atoms with Crippen LogP contribution in [0.25, 0.3) is 0 Å². The molecular weight excluding hydrogens is 140 g/mol. The summed E-state index contributed by atoms with van der Waals surface area (Å²) in [6.07, 6.45) is 0. The van der Waals surface area contributed by atoms with E-state index in [-0.39, 0.29) is 11.5 Å². The van der Waals surface area contributed by atoms with Crippen molar-refractivity contribution < 1.29 is 10.0 Å². The summed E-state index contributed by atoms with van der Waals surface area (Å²) in [5.41, 5.74) is 1.45. The molecule has 0 spiro atoms. The molecule has 0 saturated heterocycles. The first-order chi connectivity index (χ1) is 4.31. The molecular formula is C4H6N2O2S. The molecule has 0 saturated carbocycles. The molecule has 9 heavy (non-hydrogen) atoms. The smallest absolute Gasteiger partial charge is 0.253 e. The van der Waals surface area contributed by atoms with E-state index < -0.39 is 5.91 Å². The molecule has 0 fully saturated rings. The summed E-state index contributed by atoms with van der Waals surface area (Å²) in [6, 6.07) is 1.85. The maximum Gasteiger partial charge on any atom is 0.253 e.